The van der Waals surface area contributed by atoms with E-state index in [1.54, 1.807) is 0 Å². The van der Waals surface area contributed by atoms with Crippen molar-refractivity contribution in [3.8, 4) is 0 Å². The van der Waals surface area contributed by atoms with Crippen molar-refractivity contribution in [2.75, 3.05) is 39.6 Å². The first-order valence-electron chi connectivity index (χ1n) is 44.7. The van der Waals surface area contributed by atoms with E-state index >= 15 is 0 Å². The minimum Gasteiger partial charge on any atom is -0.462 e. The highest BCUT2D eigenvalue weighted by atomic mass is 31.2. The Hall–Kier alpha value is -1.94. The monoisotopic (exact) mass is 1550 g/mol. The third-order valence-corrected chi connectivity index (χ3v) is 22.6. The topological polar surface area (TPSA) is 237 Å². The fourth-order valence-corrected chi connectivity index (χ4v) is 15.0. The highest BCUT2D eigenvalue weighted by Gasteiger charge is 2.31. The highest BCUT2D eigenvalue weighted by Crippen LogP contribution is 2.45. The number of phosphoric acid groups is 2. The third-order valence-electron chi connectivity index (χ3n) is 20.7. The molecule has 0 aliphatic heterocycles. The first-order chi connectivity index (χ1) is 51.1. The average Bonchev–Trinajstić information content (AvgIpc) is 0.900. The molecule has 0 aromatic heterocycles. The largest absolute Gasteiger partial charge is 0.472 e. The van der Waals surface area contributed by atoms with Gasteiger partial charge in [0.25, 0.3) is 0 Å². The molecule has 630 valence electrons. The van der Waals surface area contributed by atoms with Gasteiger partial charge < -0.3 is 33.8 Å². The fourth-order valence-electron chi connectivity index (χ4n) is 13.5. The van der Waals surface area contributed by atoms with Gasteiger partial charge in [-0.15, -0.1) is 0 Å². The van der Waals surface area contributed by atoms with Crippen LogP contribution in [-0.2, 0) is 65.4 Å². The zero-order valence-corrected chi connectivity index (χ0v) is 71.9. The van der Waals surface area contributed by atoms with Crippen LogP contribution in [0.5, 0.6) is 0 Å². The molecule has 0 spiro atoms. The zero-order valence-electron chi connectivity index (χ0n) is 70.1. The molecule has 0 amide bonds. The Bertz CT molecular complexity index is 2060. The van der Waals surface area contributed by atoms with Gasteiger partial charge in [-0.05, 0) is 49.4 Å². The van der Waals surface area contributed by atoms with E-state index in [0.29, 0.717) is 31.6 Å². The van der Waals surface area contributed by atoms with Crippen molar-refractivity contribution in [3.05, 3.63) is 0 Å². The van der Waals surface area contributed by atoms with Crippen LogP contribution in [0, 0.1) is 23.7 Å². The Morgan fingerprint density at radius 2 is 0.453 bits per heavy atom. The average molecular weight is 1550 g/mol. The first kappa shape index (κ1) is 104. The van der Waals surface area contributed by atoms with Crippen LogP contribution >= 0.6 is 15.6 Å². The molecule has 0 fully saturated rings. The summed E-state index contributed by atoms with van der Waals surface area (Å²) in [6.45, 7) is 14.3. The van der Waals surface area contributed by atoms with Crippen molar-refractivity contribution in [2.24, 2.45) is 23.7 Å². The Morgan fingerprint density at radius 1 is 0.264 bits per heavy atom. The minimum atomic E-state index is -4.97. The molecule has 0 rings (SSSR count). The third kappa shape index (κ3) is 78.7. The number of esters is 4. The van der Waals surface area contributed by atoms with Crippen LogP contribution in [0.2, 0.25) is 0 Å². The number of carbonyl (C=O) groups is 4. The Morgan fingerprint density at radius 3 is 0.670 bits per heavy atom. The molecule has 0 heterocycles. The molecule has 0 radical (unpaired) electrons. The van der Waals surface area contributed by atoms with Gasteiger partial charge in [-0.25, -0.2) is 9.13 Å². The van der Waals surface area contributed by atoms with Crippen LogP contribution in [0.25, 0.3) is 0 Å². The quantitative estimate of drug-likeness (QED) is 0.0222. The van der Waals surface area contributed by atoms with Crippen molar-refractivity contribution in [3.63, 3.8) is 0 Å². The molecular weight excluding hydrogens is 1380 g/mol. The number of aliphatic hydroxyl groups excluding tert-OH is 1. The van der Waals surface area contributed by atoms with Crippen LogP contribution in [0.4, 0.5) is 0 Å². The second-order valence-corrected chi connectivity index (χ2v) is 35.9. The molecule has 0 saturated heterocycles. The molecule has 4 unspecified atom stereocenters. The van der Waals surface area contributed by atoms with E-state index < -0.39 is 97.5 Å². The Kier molecular flexibility index (Phi) is 74.3. The Labute approximate surface area is 651 Å². The maximum atomic E-state index is 13.1. The molecular formula is C87H170O17P2. The minimum absolute atomic E-state index is 0.107. The zero-order chi connectivity index (χ0) is 78.1. The number of aliphatic hydroxyl groups is 1. The van der Waals surface area contributed by atoms with E-state index in [1.165, 1.54) is 250 Å². The van der Waals surface area contributed by atoms with Gasteiger partial charge in [0.15, 0.2) is 12.2 Å². The smallest absolute Gasteiger partial charge is 0.462 e. The summed E-state index contributed by atoms with van der Waals surface area (Å²) in [6.07, 6.45) is 65.4. The molecule has 6 atom stereocenters. The number of hydrogen-bond donors (Lipinski definition) is 3. The Balaban J connectivity index is 5.19. The van der Waals surface area contributed by atoms with Crippen molar-refractivity contribution >= 4 is 39.5 Å². The van der Waals surface area contributed by atoms with Gasteiger partial charge in [-0.2, -0.15) is 0 Å². The van der Waals surface area contributed by atoms with E-state index in [9.17, 15) is 43.2 Å². The molecule has 0 bridgehead atoms. The summed E-state index contributed by atoms with van der Waals surface area (Å²) in [5, 5.41) is 10.7. The van der Waals surface area contributed by atoms with Crippen molar-refractivity contribution in [1.29, 1.82) is 0 Å². The van der Waals surface area contributed by atoms with E-state index in [1.807, 2.05) is 0 Å². The van der Waals surface area contributed by atoms with Crippen LogP contribution < -0.4 is 0 Å². The van der Waals surface area contributed by atoms with Crippen molar-refractivity contribution < 1.29 is 80.2 Å². The molecule has 106 heavy (non-hydrogen) atoms. The molecule has 0 aliphatic carbocycles. The van der Waals surface area contributed by atoms with Gasteiger partial charge in [0.05, 0.1) is 26.4 Å². The second-order valence-electron chi connectivity index (χ2n) is 33.0. The van der Waals surface area contributed by atoms with Crippen molar-refractivity contribution in [1.82, 2.24) is 0 Å². The number of hydrogen-bond acceptors (Lipinski definition) is 15. The van der Waals surface area contributed by atoms with Crippen LogP contribution in [-0.4, -0.2) is 96.7 Å². The van der Waals surface area contributed by atoms with E-state index in [-0.39, 0.29) is 25.7 Å². The second kappa shape index (κ2) is 75.7. The summed E-state index contributed by atoms with van der Waals surface area (Å²) in [4.78, 5) is 73.2. The molecule has 3 N–H and O–H groups in total. The van der Waals surface area contributed by atoms with Gasteiger partial charge in [-0.3, -0.25) is 37.3 Å². The molecule has 17 nitrogen and oxygen atoms in total. The summed E-state index contributed by atoms with van der Waals surface area (Å²) >= 11 is 0. The lowest BCUT2D eigenvalue weighted by Gasteiger charge is -2.21. The molecule has 0 aliphatic rings. The van der Waals surface area contributed by atoms with Gasteiger partial charge in [0.2, 0.25) is 0 Å². The highest BCUT2D eigenvalue weighted by molar-refractivity contribution is 7.47. The summed E-state index contributed by atoms with van der Waals surface area (Å²) < 4.78 is 68.9. The lowest BCUT2D eigenvalue weighted by molar-refractivity contribution is -0.161. The molecule has 0 saturated carbocycles. The predicted molar refractivity (Wildman–Crippen MR) is 437 cm³/mol. The van der Waals surface area contributed by atoms with Gasteiger partial charge in [-0.1, -0.05) is 402 Å². The van der Waals surface area contributed by atoms with Gasteiger partial charge in [0, 0.05) is 25.7 Å². The number of phosphoric ester groups is 2. The number of ether oxygens (including phenoxy) is 4. The van der Waals surface area contributed by atoms with Gasteiger partial charge in [0.1, 0.15) is 19.3 Å². The van der Waals surface area contributed by atoms with E-state index in [2.05, 4.69) is 55.4 Å². The summed E-state index contributed by atoms with van der Waals surface area (Å²) in [7, 11) is -9.93. The van der Waals surface area contributed by atoms with Crippen molar-refractivity contribution in [2.45, 2.75) is 472 Å². The van der Waals surface area contributed by atoms with E-state index in [4.69, 9.17) is 37.0 Å². The van der Waals surface area contributed by atoms with E-state index in [0.717, 1.165) is 114 Å². The lowest BCUT2D eigenvalue weighted by Crippen LogP contribution is -2.30. The predicted octanol–water partition coefficient (Wildman–Crippen LogP) is 26.3. The molecule has 0 aromatic carbocycles. The van der Waals surface area contributed by atoms with Crippen LogP contribution in [0.1, 0.15) is 453 Å². The number of carbonyl (C=O) groups excluding carboxylic acids is 4. The number of unbranched alkanes of at least 4 members (excludes halogenated alkanes) is 49. The molecule has 0 aromatic rings. The molecule has 19 heteroatoms. The maximum Gasteiger partial charge on any atom is 0.472 e. The first-order valence-corrected chi connectivity index (χ1v) is 47.7. The lowest BCUT2D eigenvalue weighted by atomic mass is 9.99. The van der Waals surface area contributed by atoms with Crippen LogP contribution in [0.3, 0.4) is 0 Å². The van der Waals surface area contributed by atoms with Crippen LogP contribution in [0.15, 0.2) is 0 Å². The maximum absolute atomic E-state index is 13.1. The number of rotatable bonds is 84. The van der Waals surface area contributed by atoms with Gasteiger partial charge >= 0.3 is 39.5 Å². The summed E-state index contributed by atoms with van der Waals surface area (Å²) in [5.41, 5.74) is 0. The normalized spacial score (nSPS) is 14.2. The SMILES string of the molecule is CCC(C)CCCCCCCCCCCCCCCCCCCCC(=O)OC[C@H](COP(=O)(O)OCC(O)COP(=O)(O)OC[C@@H](COC(=O)CCCCCCCCCC(C)C)OC(=O)CCCCCCCCCCCCCCCCCCC(C)C)OC(=O)CCCCCCCCCCCCCCC(C)C. The fraction of sp³-hybridized carbons (Fsp3) is 0.954. The summed E-state index contributed by atoms with van der Waals surface area (Å²) in [5.74, 6) is 1.06. The standard InChI is InChI=1S/C87H170O17P2/c1-9-80(8)66-58-50-42-34-28-21-17-12-10-11-13-18-22-29-35-43-51-59-67-84(89)97-73-82(103-87(92)70-62-54-45-37-31-25-24-27-33-40-48-56-64-78(4)5)75-101-105(93,94)99-71-81(88)72-100-106(95,96)102-76-83(74-98-85(90)68-60-52-46-38-41-49-57-65-79(6)7)104-86(91)69-61-53-44-36-30-23-19-15-14-16-20-26-32-39-47-55-63-77(2)3/h77-83,88H,9-76H2,1-8H3,(H,93,94)(H,95,96)/t80?,81?,82-,83-/m1/s1. The summed E-state index contributed by atoms with van der Waals surface area (Å²) in [6, 6.07) is 0.